The number of nitrogens with zero attached hydrogens (tertiary/aromatic N) is 1. The van der Waals surface area contributed by atoms with Crippen LogP contribution in [0.4, 0.5) is 13.2 Å². The molecule has 30 heavy (non-hydrogen) atoms. The molecule has 4 aliphatic rings. The van der Waals surface area contributed by atoms with E-state index in [0.717, 1.165) is 58.4 Å². The number of amides is 1. The molecule has 4 fully saturated rings. The predicted molar refractivity (Wildman–Crippen MR) is 101 cm³/mol. The number of rotatable bonds is 3. The first-order valence-electron chi connectivity index (χ1n) is 10.8. The molecule has 2 N–H and O–H groups in total. The maximum atomic E-state index is 12.5. The molecular formula is C20H31F3N2O5. The molecule has 0 aromatic rings. The van der Waals surface area contributed by atoms with Gasteiger partial charge in [-0.3, -0.25) is 9.69 Å². The van der Waals surface area contributed by atoms with Crippen LogP contribution in [-0.2, 0) is 19.1 Å². The Balaban J connectivity index is 0.000000318. The second-order valence-corrected chi connectivity index (χ2v) is 8.58. The van der Waals surface area contributed by atoms with E-state index >= 15 is 0 Å². The fourth-order valence-electron chi connectivity index (χ4n) is 4.87. The van der Waals surface area contributed by atoms with Gasteiger partial charge in [0.2, 0.25) is 5.91 Å². The van der Waals surface area contributed by atoms with E-state index in [1.54, 1.807) is 0 Å². The molecule has 172 valence electrons. The second kappa shape index (κ2) is 10.3. The Morgan fingerprint density at radius 2 is 1.67 bits per heavy atom. The summed E-state index contributed by atoms with van der Waals surface area (Å²) in [6.07, 6.45) is 4.13. The summed E-state index contributed by atoms with van der Waals surface area (Å²) < 4.78 is 43.4. The van der Waals surface area contributed by atoms with Gasteiger partial charge in [-0.25, -0.2) is 4.79 Å². The van der Waals surface area contributed by atoms with Gasteiger partial charge >= 0.3 is 12.1 Å². The summed E-state index contributed by atoms with van der Waals surface area (Å²) in [6, 6.07) is 1.05. The van der Waals surface area contributed by atoms with Crippen LogP contribution in [0.15, 0.2) is 0 Å². The third-order valence-corrected chi connectivity index (χ3v) is 6.53. The fourth-order valence-corrected chi connectivity index (χ4v) is 4.87. The van der Waals surface area contributed by atoms with Crippen molar-refractivity contribution in [3.05, 3.63) is 0 Å². The van der Waals surface area contributed by atoms with Gasteiger partial charge in [0, 0.05) is 31.8 Å². The van der Waals surface area contributed by atoms with E-state index < -0.39 is 12.1 Å². The summed E-state index contributed by atoms with van der Waals surface area (Å²) in [5, 5.41) is 10.3. The molecule has 10 heteroatoms. The molecule has 3 atom stereocenters. The summed E-state index contributed by atoms with van der Waals surface area (Å²) >= 11 is 0. The molecule has 4 rings (SSSR count). The van der Waals surface area contributed by atoms with Crippen molar-refractivity contribution < 1.29 is 37.3 Å². The largest absolute Gasteiger partial charge is 0.490 e. The molecule has 3 aliphatic heterocycles. The minimum absolute atomic E-state index is 0.143. The van der Waals surface area contributed by atoms with E-state index in [2.05, 4.69) is 10.2 Å². The molecule has 1 saturated carbocycles. The Labute approximate surface area is 174 Å². The van der Waals surface area contributed by atoms with Crippen LogP contribution < -0.4 is 5.32 Å². The summed E-state index contributed by atoms with van der Waals surface area (Å²) in [5.74, 6) is -2.04. The van der Waals surface area contributed by atoms with Gasteiger partial charge in [-0.05, 0) is 51.0 Å². The van der Waals surface area contributed by atoms with E-state index in [9.17, 15) is 18.0 Å². The van der Waals surface area contributed by atoms with Crippen molar-refractivity contribution in [1.82, 2.24) is 10.2 Å². The number of carbonyl (C=O) groups is 2. The van der Waals surface area contributed by atoms with Crippen molar-refractivity contribution in [2.75, 3.05) is 26.3 Å². The number of alkyl halides is 3. The molecule has 0 unspecified atom stereocenters. The highest BCUT2D eigenvalue weighted by Gasteiger charge is 2.43. The van der Waals surface area contributed by atoms with Gasteiger partial charge in [-0.1, -0.05) is 12.8 Å². The SMILES string of the molecule is O=C(NC1CCCC1)[C@@H]1C[C@@H]2CCN(C3CCOCC3)C[C@@H]2O1.O=C(O)C(F)(F)F. The van der Waals surface area contributed by atoms with Crippen LogP contribution in [0.1, 0.15) is 51.4 Å². The first-order chi connectivity index (χ1) is 14.2. The Bertz CT molecular complexity index is 591. The quantitative estimate of drug-likeness (QED) is 0.706. The zero-order valence-corrected chi connectivity index (χ0v) is 17.0. The fraction of sp³-hybridized carbons (Fsp3) is 0.900. The number of carboxylic acids is 1. The third-order valence-electron chi connectivity index (χ3n) is 6.53. The number of fused-ring (bicyclic) bond motifs is 1. The van der Waals surface area contributed by atoms with Gasteiger partial charge in [0.15, 0.2) is 0 Å². The van der Waals surface area contributed by atoms with Crippen molar-refractivity contribution in [3.63, 3.8) is 0 Å². The molecule has 1 aliphatic carbocycles. The normalized spacial score (nSPS) is 31.0. The van der Waals surface area contributed by atoms with Crippen LogP contribution in [0.2, 0.25) is 0 Å². The Morgan fingerprint density at radius 3 is 2.27 bits per heavy atom. The highest BCUT2D eigenvalue weighted by atomic mass is 19.4. The number of hydrogen-bond acceptors (Lipinski definition) is 5. The van der Waals surface area contributed by atoms with Crippen LogP contribution in [0.5, 0.6) is 0 Å². The van der Waals surface area contributed by atoms with Crippen LogP contribution in [-0.4, -0.2) is 78.7 Å². The lowest BCUT2D eigenvalue weighted by Gasteiger charge is -2.40. The molecule has 0 aromatic heterocycles. The highest BCUT2D eigenvalue weighted by molar-refractivity contribution is 5.81. The van der Waals surface area contributed by atoms with Gasteiger partial charge in [0.25, 0.3) is 0 Å². The zero-order chi connectivity index (χ0) is 21.7. The number of halogens is 3. The molecular weight excluding hydrogens is 405 g/mol. The van der Waals surface area contributed by atoms with E-state index in [1.165, 1.54) is 19.3 Å². The van der Waals surface area contributed by atoms with Crippen molar-refractivity contribution in [2.24, 2.45) is 5.92 Å². The van der Waals surface area contributed by atoms with Gasteiger partial charge in [-0.15, -0.1) is 0 Å². The van der Waals surface area contributed by atoms with Crippen molar-refractivity contribution in [1.29, 1.82) is 0 Å². The molecule has 0 bridgehead atoms. The van der Waals surface area contributed by atoms with Gasteiger partial charge in [0.05, 0.1) is 6.10 Å². The van der Waals surface area contributed by atoms with Crippen molar-refractivity contribution in [3.8, 4) is 0 Å². The minimum Gasteiger partial charge on any atom is -0.475 e. The number of hydrogen-bond donors (Lipinski definition) is 2. The summed E-state index contributed by atoms with van der Waals surface area (Å²) in [6.45, 7) is 3.94. The van der Waals surface area contributed by atoms with Crippen LogP contribution in [0.25, 0.3) is 0 Å². The first kappa shape index (κ1) is 23.3. The van der Waals surface area contributed by atoms with Gasteiger partial charge in [0.1, 0.15) is 6.10 Å². The number of carboxylic acid groups (broad SMARTS) is 1. The summed E-state index contributed by atoms with van der Waals surface area (Å²) in [7, 11) is 0. The summed E-state index contributed by atoms with van der Waals surface area (Å²) in [5.41, 5.74) is 0. The van der Waals surface area contributed by atoms with Crippen LogP contribution >= 0.6 is 0 Å². The lowest BCUT2D eigenvalue weighted by Crippen LogP contribution is -2.49. The number of likely N-dealkylation sites (tertiary alicyclic amines) is 1. The van der Waals surface area contributed by atoms with Crippen LogP contribution in [0.3, 0.4) is 0 Å². The summed E-state index contributed by atoms with van der Waals surface area (Å²) in [4.78, 5) is 23.9. The molecule has 0 aromatic carbocycles. The second-order valence-electron chi connectivity index (χ2n) is 8.58. The maximum absolute atomic E-state index is 12.5. The third kappa shape index (κ3) is 6.31. The van der Waals surface area contributed by atoms with Gasteiger partial charge in [-0.2, -0.15) is 13.2 Å². The standard InChI is InChI=1S/C18H30N2O3.C2HF3O2/c21-18(19-14-3-1-2-4-14)16-11-13-5-8-20(12-17(13)23-16)15-6-9-22-10-7-15;3-2(4,5)1(6)7/h13-17H,1-12H2,(H,19,21);(H,6,7)/t13-,16-,17-;/m0./s1. The Hall–Kier alpha value is -1.39. The smallest absolute Gasteiger partial charge is 0.475 e. The monoisotopic (exact) mass is 436 g/mol. The molecule has 7 nitrogen and oxygen atoms in total. The van der Waals surface area contributed by atoms with Crippen LogP contribution in [0, 0.1) is 5.92 Å². The average Bonchev–Trinajstić information content (AvgIpc) is 3.37. The van der Waals surface area contributed by atoms with E-state index in [4.69, 9.17) is 19.4 Å². The Morgan fingerprint density at radius 1 is 1.03 bits per heavy atom. The maximum Gasteiger partial charge on any atom is 0.490 e. The minimum atomic E-state index is -5.08. The van der Waals surface area contributed by atoms with E-state index in [1.807, 2.05) is 0 Å². The van der Waals surface area contributed by atoms with E-state index in [0.29, 0.717) is 18.0 Å². The zero-order valence-electron chi connectivity index (χ0n) is 17.0. The van der Waals surface area contributed by atoms with Crippen molar-refractivity contribution >= 4 is 11.9 Å². The number of piperidine rings is 1. The topological polar surface area (TPSA) is 88.1 Å². The number of aliphatic carboxylic acids is 1. The number of carbonyl (C=O) groups excluding carboxylic acids is 1. The molecule has 0 radical (unpaired) electrons. The lowest BCUT2D eigenvalue weighted by molar-refractivity contribution is -0.192. The first-order valence-corrected chi connectivity index (χ1v) is 10.8. The van der Waals surface area contributed by atoms with Crippen molar-refractivity contribution in [2.45, 2.75) is 81.8 Å². The number of ether oxygens (including phenoxy) is 2. The Kier molecular flexibility index (Phi) is 7.98. The highest BCUT2D eigenvalue weighted by Crippen LogP contribution is 2.35. The van der Waals surface area contributed by atoms with E-state index in [-0.39, 0.29) is 18.1 Å². The molecule has 3 heterocycles. The molecule has 3 saturated heterocycles. The average molecular weight is 436 g/mol. The lowest BCUT2D eigenvalue weighted by atomic mass is 9.90. The molecule has 0 spiro atoms. The number of nitrogens with one attached hydrogen (secondary N) is 1. The predicted octanol–water partition coefficient (Wildman–Crippen LogP) is 2.34. The van der Waals surface area contributed by atoms with Gasteiger partial charge < -0.3 is 19.9 Å². The molecule has 1 amide bonds.